The molecular formula is C18H18BrNO. The Hall–Kier alpha value is -1.87. The monoisotopic (exact) mass is 343 g/mol. The predicted octanol–water partition coefficient (Wildman–Crippen LogP) is 4.34. The Bertz CT molecular complexity index is 610. The Kier molecular flexibility index (Phi) is 5.76. The van der Waals surface area contributed by atoms with Crippen molar-refractivity contribution in [1.82, 2.24) is 0 Å². The summed E-state index contributed by atoms with van der Waals surface area (Å²) >= 11 is 3.28. The molecule has 0 heterocycles. The van der Waals surface area contributed by atoms with Gasteiger partial charge in [-0.3, -0.25) is 4.79 Å². The molecule has 0 spiro atoms. The number of alkyl halides is 1. The van der Waals surface area contributed by atoms with Gasteiger partial charge in [-0.1, -0.05) is 70.5 Å². The number of benzene rings is 2. The Labute approximate surface area is 134 Å². The zero-order valence-electron chi connectivity index (χ0n) is 11.8. The second-order valence-electron chi connectivity index (χ2n) is 4.72. The van der Waals surface area contributed by atoms with Crippen molar-refractivity contribution in [1.29, 1.82) is 0 Å². The molecular weight excluding hydrogens is 326 g/mol. The molecule has 0 aliphatic rings. The molecule has 0 saturated heterocycles. The lowest BCUT2D eigenvalue weighted by Gasteiger charge is -2.24. The van der Waals surface area contributed by atoms with Gasteiger partial charge in [0.25, 0.3) is 0 Å². The molecule has 0 aliphatic carbocycles. The number of carbonyl (C=O) groups is 1. The maximum atomic E-state index is 12.3. The van der Waals surface area contributed by atoms with Gasteiger partial charge in [0, 0.05) is 5.69 Å². The van der Waals surface area contributed by atoms with E-state index in [0.717, 1.165) is 23.2 Å². The third-order valence-corrected chi connectivity index (χ3v) is 3.73. The topological polar surface area (TPSA) is 20.3 Å². The zero-order chi connectivity index (χ0) is 15.1. The van der Waals surface area contributed by atoms with Gasteiger partial charge in [-0.15, -0.1) is 6.58 Å². The summed E-state index contributed by atoms with van der Waals surface area (Å²) in [6.07, 6.45) is 2.61. The van der Waals surface area contributed by atoms with Crippen molar-refractivity contribution in [3.8, 4) is 0 Å². The predicted molar refractivity (Wildman–Crippen MR) is 91.8 cm³/mol. The number of hydrogen-bond acceptors (Lipinski definition) is 1. The summed E-state index contributed by atoms with van der Waals surface area (Å²) in [6.45, 7) is 4.36. The van der Waals surface area contributed by atoms with Crippen LogP contribution < -0.4 is 4.90 Å². The molecule has 2 aromatic carbocycles. The molecule has 2 nitrogen and oxygen atoms in total. The Balaban J connectivity index is 2.36. The van der Waals surface area contributed by atoms with Gasteiger partial charge in [0.15, 0.2) is 0 Å². The van der Waals surface area contributed by atoms with E-state index in [1.54, 1.807) is 0 Å². The van der Waals surface area contributed by atoms with Crippen molar-refractivity contribution in [2.24, 2.45) is 0 Å². The molecule has 2 aromatic rings. The quantitative estimate of drug-likeness (QED) is 0.564. The molecule has 2 rings (SSSR count). The number of halogens is 1. The third-order valence-electron chi connectivity index (χ3n) is 3.25. The third kappa shape index (κ3) is 4.05. The average Bonchev–Trinajstić information content (AvgIpc) is 2.54. The second kappa shape index (κ2) is 7.79. The second-order valence-corrected chi connectivity index (χ2v) is 5.28. The number of anilines is 1. The van der Waals surface area contributed by atoms with Crippen LogP contribution in [0.3, 0.4) is 0 Å². The summed E-state index contributed by atoms with van der Waals surface area (Å²) < 4.78 is 0. The van der Waals surface area contributed by atoms with Gasteiger partial charge in [0.05, 0.1) is 11.9 Å². The Morgan fingerprint density at radius 1 is 1.10 bits per heavy atom. The van der Waals surface area contributed by atoms with E-state index in [9.17, 15) is 4.79 Å². The number of para-hydroxylation sites is 1. The summed E-state index contributed by atoms with van der Waals surface area (Å²) in [4.78, 5) is 14.1. The first kappa shape index (κ1) is 15.5. The first-order chi connectivity index (χ1) is 10.3. The molecule has 0 aromatic heterocycles. The summed E-state index contributed by atoms with van der Waals surface area (Å²) in [5.41, 5.74) is 3.17. The highest BCUT2D eigenvalue weighted by Gasteiger charge is 2.17. The lowest BCUT2D eigenvalue weighted by Crippen LogP contribution is -2.32. The molecule has 0 aliphatic heterocycles. The molecule has 0 saturated carbocycles. The number of amides is 1. The van der Waals surface area contributed by atoms with Gasteiger partial charge in [0.2, 0.25) is 5.91 Å². The first-order valence-electron chi connectivity index (χ1n) is 6.85. The van der Waals surface area contributed by atoms with Crippen molar-refractivity contribution >= 4 is 27.5 Å². The van der Waals surface area contributed by atoms with Crippen LogP contribution in [-0.2, 0) is 17.8 Å². The molecule has 1 amide bonds. The van der Waals surface area contributed by atoms with Crippen LogP contribution in [0.5, 0.6) is 0 Å². The minimum atomic E-state index is 0.0513. The highest BCUT2D eigenvalue weighted by molar-refractivity contribution is 9.09. The van der Waals surface area contributed by atoms with Gasteiger partial charge in [0.1, 0.15) is 0 Å². The van der Waals surface area contributed by atoms with E-state index in [-0.39, 0.29) is 5.91 Å². The molecule has 0 fully saturated rings. The molecule has 0 unspecified atom stereocenters. The molecule has 3 heteroatoms. The van der Waals surface area contributed by atoms with Crippen molar-refractivity contribution in [2.45, 2.75) is 13.0 Å². The fourth-order valence-corrected chi connectivity index (χ4v) is 2.55. The molecule has 0 radical (unpaired) electrons. The van der Waals surface area contributed by atoms with E-state index < -0.39 is 0 Å². The van der Waals surface area contributed by atoms with Crippen LogP contribution in [0.1, 0.15) is 11.1 Å². The molecule has 0 bridgehead atoms. The number of allylic oxidation sites excluding steroid dienone is 1. The maximum Gasteiger partial charge on any atom is 0.237 e. The Morgan fingerprint density at radius 2 is 1.76 bits per heavy atom. The number of carbonyl (C=O) groups excluding carboxylic acids is 1. The molecule has 0 atom stereocenters. The highest BCUT2D eigenvalue weighted by atomic mass is 79.9. The lowest BCUT2D eigenvalue weighted by atomic mass is 10.1. The van der Waals surface area contributed by atoms with Crippen molar-refractivity contribution < 1.29 is 4.79 Å². The minimum absolute atomic E-state index is 0.0513. The summed E-state index contributed by atoms with van der Waals surface area (Å²) in [6, 6.07) is 18.0. The van der Waals surface area contributed by atoms with E-state index in [1.807, 2.05) is 65.6 Å². The standard InChI is InChI=1S/C18H18BrNO/c1-2-8-16-11-6-7-12-17(16)20(18(21)13-19)14-15-9-4-3-5-10-15/h2-7,9-12H,1,8,13-14H2. The lowest BCUT2D eigenvalue weighted by molar-refractivity contribution is -0.116. The number of hydrogen-bond donors (Lipinski definition) is 0. The number of nitrogens with zero attached hydrogens (tertiary/aromatic N) is 1. The van der Waals surface area contributed by atoms with E-state index in [4.69, 9.17) is 0 Å². The normalized spacial score (nSPS) is 10.1. The van der Waals surface area contributed by atoms with Gasteiger partial charge < -0.3 is 4.90 Å². The van der Waals surface area contributed by atoms with Crippen molar-refractivity contribution in [2.75, 3.05) is 10.2 Å². The van der Waals surface area contributed by atoms with E-state index >= 15 is 0 Å². The van der Waals surface area contributed by atoms with Crippen molar-refractivity contribution in [3.63, 3.8) is 0 Å². The first-order valence-corrected chi connectivity index (χ1v) is 7.97. The van der Waals surface area contributed by atoms with Gasteiger partial charge in [-0.2, -0.15) is 0 Å². The van der Waals surface area contributed by atoms with Crippen LogP contribution >= 0.6 is 15.9 Å². The van der Waals surface area contributed by atoms with Gasteiger partial charge in [-0.25, -0.2) is 0 Å². The summed E-state index contributed by atoms with van der Waals surface area (Å²) in [7, 11) is 0. The van der Waals surface area contributed by atoms with Crippen LogP contribution in [0.15, 0.2) is 67.3 Å². The van der Waals surface area contributed by atoms with Crippen LogP contribution in [-0.4, -0.2) is 11.2 Å². The molecule has 0 N–H and O–H groups in total. The van der Waals surface area contributed by atoms with E-state index in [1.165, 1.54) is 0 Å². The maximum absolute atomic E-state index is 12.3. The van der Waals surface area contributed by atoms with Crippen molar-refractivity contribution in [3.05, 3.63) is 78.4 Å². The van der Waals surface area contributed by atoms with Crippen LogP contribution in [0, 0.1) is 0 Å². The minimum Gasteiger partial charge on any atom is -0.307 e. The zero-order valence-corrected chi connectivity index (χ0v) is 13.4. The van der Waals surface area contributed by atoms with Crippen LogP contribution in [0.2, 0.25) is 0 Å². The SMILES string of the molecule is C=CCc1ccccc1N(Cc1ccccc1)C(=O)CBr. The average molecular weight is 344 g/mol. The fourth-order valence-electron chi connectivity index (χ4n) is 2.25. The van der Waals surface area contributed by atoms with Crippen LogP contribution in [0.4, 0.5) is 5.69 Å². The van der Waals surface area contributed by atoms with Crippen LogP contribution in [0.25, 0.3) is 0 Å². The fraction of sp³-hybridized carbons (Fsp3) is 0.167. The van der Waals surface area contributed by atoms with Gasteiger partial charge in [-0.05, 0) is 23.6 Å². The summed E-state index contributed by atoms with van der Waals surface area (Å²) in [5, 5.41) is 0.308. The highest BCUT2D eigenvalue weighted by Crippen LogP contribution is 2.24. The van der Waals surface area contributed by atoms with Gasteiger partial charge >= 0.3 is 0 Å². The molecule has 108 valence electrons. The molecule has 21 heavy (non-hydrogen) atoms. The van der Waals surface area contributed by atoms with E-state index in [2.05, 4.69) is 22.5 Å². The largest absolute Gasteiger partial charge is 0.307 e. The number of rotatable bonds is 6. The van der Waals surface area contributed by atoms with E-state index in [0.29, 0.717) is 11.9 Å². The Morgan fingerprint density at radius 3 is 2.43 bits per heavy atom. The summed E-state index contributed by atoms with van der Waals surface area (Å²) in [5.74, 6) is 0.0513. The smallest absolute Gasteiger partial charge is 0.237 e.